The van der Waals surface area contributed by atoms with E-state index in [0.29, 0.717) is 31.6 Å². The van der Waals surface area contributed by atoms with Crippen LogP contribution in [0.4, 0.5) is 0 Å². The molecule has 0 heterocycles. The minimum absolute atomic E-state index is 0. The molecule has 0 unspecified atom stereocenters. The molecule has 6 nitrogen and oxygen atoms in total. The lowest BCUT2D eigenvalue weighted by atomic mass is 10.1. The molecule has 0 saturated heterocycles. The molecule has 0 atom stereocenters. The van der Waals surface area contributed by atoms with Crippen molar-refractivity contribution in [2.45, 2.75) is 46.0 Å². The standard InChI is InChI=1S/C24H35N3O3S.HI/c1-18(2)12-13-30-23-14-19(3)6-11-22(23)16-27-24(25-4)26-15-20-7-9-21(10-8-20)17-31(5,28)29;/h6-11,14,18H,12-13,15-17H2,1-5H3,(H2,25,26,27);1H. The fraction of sp³-hybridized carbons (Fsp3) is 0.458. The Bertz CT molecular complexity index is 974. The number of hydrogen-bond acceptors (Lipinski definition) is 4. The monoisotopic (exact) mass is 573 g/mol. The summed E-state index contributed by atoms with van der Waals surface area (Å²) >= 11 is 0. The van der Waals surface area contributed by atoms with Gasteiger partial charge < -0.3 is 15.4 Å². The molecule has 0 aromatic heterocycles. The molecule has 2 rings (SSSR count). The van der Waals surface area contributed by atoms with E-state index < -0.39 is 9.84 Å². The minimum atomic E-state index is -3.03. The maximum Gasteiger partial charge on any atom is 0.191 e. The number of aliphatic imine (C=N–C) groups is 1. The molecule has 0 saturated carbocycles. The van der Waals surface area contributed by atoms with E-state index in [1.54, 1.807) is 7.05 Å². The highest BCUT2D eigenvalue weighted by molar-refractivity contribution is 14.0. The molecule has 0 amide bonds. The van der Waals surface area contributed by atoms with Crippen LogP contribution in [0.25, 0.3) is 0 Å². The molecule has 0 spiro atoms. The Morgan fingerprint density at radius 2 is 1.66 bits per heavy atom. The Labute approximate surface area is 210 Å². The Kier molecular flexibility index (Phi) is 12.1. The lowest BCUT2D eigenvalue weighted by molar-refractivity contribution is 0.286. The van der Waals surface area contributed by atoms with E-state index >= 15 is 0 Å². The molecule has 8 heteroatoms. The molecule has 0 aliphatic heterocycles. The topological polar surface area (TPSA) is 79.8 Å². The van der Waals surface area contributed by atoms with Crippen LogP contribution < -0.4 is 15.4 Å². The predicted octanol–water partition coefficient (Wildman–Crippen LogP) is 4.45. The zero-order valence-electron chi connectivity index (χ0n) is 19.6. The number of ether oxygens (including phenoxy) is 1. The minimum Gasteiger partial charge on any atom is -0.493 e. The maximum absolute atomic E-state index is 11.4. The van der Waals surface area contributed by atoms with Crippen LogP contribution >= 0.6 is 24.0 Å². The molecule has 0 radical (unpaired) electrons. The summed E-state index contributed by atoms with van der Waals surface area (Å²) in [7, 11) is -1.29. The zero-order chi connectivity index (χ0) is 22.9. The van der Waals surface area contributed by atoms with Crippen molar-refractivity contribution in [3.05, 3.63) is 64.7 Å². The van der Waals surface area contributed by atoms with Gasteiger partial charge in [0.05, 0.1) is 12.4 Å². The van der Waals surface area contributed by atoms with Crippen molar-refractivity contribution in [3.8, 4) is 5.75 Å². The number of guanidine groups is 1. The third-order valence-electron chi connectivity index (χ3n) is 4.76. The largest absolute Gasteiger partial charge is 0.493 e. The van der Waals surface area contributed by atoms with Crippen molar-refractivity contribution in [1.29, 1.82) is 0 Å². The molecule has 2 aromatic carbocycles. The summed E-state index contributed by atoms with van der Waals surface area (Å²) in [6, 6.07) is 13.8. The van der Waals surface area contributed by atoms with Gasteiger partial charge in [0.1, 0.15) is 5.75 Å². The summed E-state index contributed by atoms with van der Waals surface area (Å²) in [5.74, 6) is 2.26. The van der Waals surface area contributed by atoms with Crippen LogP contribution in [-0.4, -0.2) is 34.3 Å². The fourth-order valence-electron chi connectivity index (χ4n) is 2.99. The maximum atomic E-state index is 11.4. The van der Waals surface area contributed by atoms with Gasteiger partial charge in [0.2, 0.25) is 0 Å². The molecule has 0 fully saturated rings. The molecular formula is C24H36IN3O3S. The second-order valence-corrected chi connectivity index (χ2v) is 10.4. The van der Waals surface area contributed by atoms with E-state index in [1.165, 1.54) is 11.8 Å². The van der Waals surface area contributed by atoms with Crippen molar-refractivity contribution in [2.24, 2.45) is 10.9 Å². The highest BCUT2D eigenvalue weighted by Crippen LogP contribution is 2.21. The lowest BCUT2D eigenvalue weighted by Crippen LogP contribution is -2.36. The normalized spacial score (nSPS) is 11.8. The number of hydrogen-bond donors (Lipinski definition) is 2. The molecular weight excluding hydrogens is 537 g/mol. The van der Waals surface area contributed by atoms with Gasteiger partial charge >= 0.3 is 0 Å². The van der Waals surface area contributed by atoms with Crippen molar-refractivity contribution < 1.29 is 13.2 Å². The van der Waals surface area contributed by atoms with Crippen molar-refractivity contribution >= 4 is 39.8 Å². The highest BCUT2D eigenvalue weighted by Gasteiger charge is 2.08. The van der Waals surface area contributed by atoms with Crippen molar-refractivity contribution in [2.75, 3.05) is 19.9 Å². The van der Waals surface area contributed by atoms with Crippen LogP contribution in [-0.2, 0) is 28.7 Å². The van der Waals surface area contributed by atoms with Gasteiger partial charge in [-0.1, -0.05) is 50.2 Å². The van der Waals surface area contributed by atoms with Crippen molar-refractivity contribution in [1.82, 2.24) is 10.6 Å². The predicted molar refractivity (Wildman–Crippen MR) is 144 cm³/mol. The first kappa shape index (κ1) is 28.2. The van der Waals surface area contributed by atoms with E-state index in [0.717, 1.165) is 28.9 Å². The molecule has 2 aromatic rings. The first-order chi connectivity index (χ1) is 14.7. The van der Waals surface area contributed by atoms with Gasteiger partial charge in [-0.2, -0.15) is 0 Å². The Morgan fingerprint density at radius 1 is 1.03 bits per heavy atom. The molecule has 0 aliphatic carbocycles. The Hall–Kier alpha value is -1.81. The van der Waals surface area contributed by atoms with Crippen LogP contribution in [0.1, 0.15) is 42.5 Å². The highest BCUT2D eigenvalue weighted by atomic mass is 127. The average molecular weight is 574 g/mol. The van der Waals surface area contributed by atoms with Crippen molar-refractivity contribution in [3.63, 3.8) is 0 Å². The second-order valence-electron chi connectivity index (χ2n) is 8.31. The van der Waals surface area contributed by atoms with E-state index in [-0.39, 0.29) is 29.7 Å². The number of nitrogens with zero attached hydrogens (tertiary/aromatic N) is 1. The molecule has 178 valence electrons. The number of nitrogens with one attached hydrogen (secondary N) is 2. The summed E-state index contributed by atoms with van der Waals surface area (Å²) in [6.07, 6.45) is 2.26. The van der Waals surface area contributed by atoms with Crippen LogP contribution in [0, 0.1) is 12.8 Å². The lowest BCUT2D eigenvalue weighted by Gasteiger charge is -2.16. The Balaban J connectivity index is 0.00000512. The molecule has 0 aliphatic rings. The summed E-state index contributed by atoms with van der Waals surface area (Å²) in [5, 5.41) is 6.63. The molecule has 0 bridgehead atoms. The summed E-state index contributed by atoms with van der Waals surface area (Å²) in [6.45, 7) is 8.34. The van der Waals surface area contributed by atoms with Gasteiger partial charge in [0, 0.05) is 32.0 Å². The summed E-state index contributed by atoms with van der Waals surface area (Å²) in [4.78, 5) is 4.29. The third kappa shape index (κ3) is 10.7. The average Bonchev–Trinajstić information content (AvgIpc) is 2.69. The van der Waals surface area contributed by atoms with Crippen LogP contribution in [0.3, 0.4) is 0 Å². The van der Waals surface area contributed by atoms with E-state index in [2.05, 4.69) is 54.6 Å². The summed E-state index contributed by atoms with van der Waals surface area (Å²) < 4.78 is 28.9. The van der Waals surface area contributed by atoms with Gasteiger partial charge in [-0.25, -0.2) is 8.42 Å². The second kappa shape index (κ2) is 13.7. The van der Waals surface area contributed by atoms with E-state index in [9.17, 15) is 8.42 Å². The van der Waals surface area contributed by atoms with Crippen LogP contribution in [0.15, 0.2) is 47.5 Å². The zero-order valence-corrected chi connectivity index (χ0v) is 22.8. The molecule has 32 heavy (non-hydrogen) atoms. The number of rotatable bonds is 10. The summed E-state index contributed by atoms with van der Waals surface area (Å²) in [5.41, 5.74) is 4.10. The SMILES string of the molecule is CN=C(NCc1ccc(CS(C)(=O)=O)cc1)NCc1ccc(C)cc1OCCC(C)C.I. The number of benzene rings is 2. The van der Waals surface area contributed by atoms with Crippen LogP contribution in [0.5, 0.6) is 5.75 Å². The van der Waals surface area contributed by atoms with E-state index in [4.69, 9.17) is 4.74 Å². The van der Waals surface area contributed by atoms with Gasteiger partial charge in [-0.15, -0.1) is 24.0 Å². The molecule has 2 N–H and O–H groups in total. The smallest absolute Gasteiger partial charge is 0.191 e. The van der Waals surface area contributed by atoms with Gasteiger partial charge in [-0.05, 0) is 42.0 Å². The number of halogens is 1. The number of sulfone groups is 1. The quantitative estimate of drug-likeness (QED) is 0.250. The van der Waals surface area contributed by atoms with Gasteiger partial charge in [-0.3, -0.25) is 4.99 Å². The first-order valence-corrected chi connectivity index (χ1v) is 12.6. The van der Waals surface area contributed by atoms with Crippen LogP contribution in [0.2, 0.25) is 0 Å². The fourth-order valence-corrected chi connectivity index (χ4v) is 3.79. The third-order valence-corrected chi connectivity index (χ3v) is 5.61. The Morgan fingerprint density at radius 3 is 2.25 bits per heavy atom. The van der Waals surface area contributed by atoms with E-state index in [1.807, 2.05) is 24.3 Å². The first-order valence-electron chi connectivity index (χ1n) is 10.6. The van der Waals surface area contributed by atoms with Gasteiger partial charge in [0.25, 0.3) is 0 Å². The number of aryl methyl sites for hydroxylation is 1. The van der Waals surface area contributed by atoms with Gasteiger partial charge in [0.15, 0.2) is 15.8 Å².